The van der Waals surface area contributed by atoms with Crippen LogP contribution in [-0.4, -0.2) is 7.05 Å². The molecule has 0 aliphatic carbocycles. The van der Waals surface area contributed by atoms with Crippen LogP contribution in [0.25, 0.3) is 0 Å². The largest absolute Gasteiger partial charge is 0.368 e. The summed E-state index contributed by atoms with van der Waals surface area (Å²) in [6.45, 7) is 0.783. The van der Waals surface area contributed by atoms with E-state index in [9.17, 15) is 5.26 Å². The van der Waals surface area contributed by atoms with Gasteiger partial charge in [-0.3, -0.25) is 0 Å². The predicted octanol–water partition coefficient (Wildman–Crippen LogP) is 4.76. The smallest absolute Gasteiger partial charge is 0.101 e. The molecule has 0 aliphatic heterocycles. The Morgan fingerprint density at radius 1 is 1.42 bits per heavy atom. The third-order valence-electron chi connectivity index (χ3n) is 2.76. The molecule has 0 radical (unpaired) electrons. The van der Waals surface area contributed by atoms with Crippen LogP contribution in [0.1, 0.15) is 16.0 Å². The summed E-state index contributed by atoms with van der Waals surface area (Å²) in [5.74, 6) is 0.427. The maximum atomic E-state index is 9.23. The molecule has 0 atom stereocenters. The maximum absolute atomic E-state index is 9.23. The Morgan fingerprint density at radius 3 is 2.79 bits per heavy atom. The molecule has 2 nitrogen and oxygen atoms in total. The third-order valence-corrected chi connectivity index (χ3v) is 4.75. The van der Waals surface area contributed by atoms with E-state index in [1.165, 1.54) is 4.88 Å². The summed E-state index contributed by atoms with van der Waals surface area (Å²) in [4.78, 5) is 3.33. The van der Waals surface area contributed by atoms with Gasteiger partial charge < -0.3 is 4.90 Å². The first kappa shape index (κ1) is 14.4. The molecular weight excluding hydrogens is 344 g/mol. The number of alkyl halides is 1. The predicted molar refractivity (Wildman–Crippen MR) is 84.8 cm³/mol. The zero-order chi connectivity index (χ0) is 13.8. The summed E-state index contributed by atoms with van der Waals surface area (Å²) in [7, 11) is 1.99. The molecule has 0 amide bonds. The summed E-state index contributed by atoms with van der Waals surface area (Å²) < 4.78 is 1.10. The Labute approximate surface area is 130 Å². The molecule has 0 saturated heterocycles. The van der Waals surface area contributed by atoms with E-state index in [0.29, 0.717) is 11.4 Å². The van der Waals surface area contributed by atoms with Gasteiger partial charge in [0.2, 0.25) is 0 Å². The second-order valence-corrected chi connectivity index (χ2v) is 6.36. The highest BCUT2D eigenvalue weighted by Crippen LogP contribution is 2.26. The Bertz CT molecular complexity index is 618. The number of hydrogen-bond donors (Lipinski definition) is 0. The van der Waals surface area contributed by atoms with Crippen molar-refractivity contribution < 1.29 is 0 Å². The van der Waals surface area contributed by atoms with Gasteiger partial charge in [-0.25, -0.2) is 0 Å². The first-order chi connectivity index (χ1) is 9.13. The molecule has 5 heteroatoms. The number of nitriles is 1. The minimum Gasteiger partial charge on any atom is -0.368 e. The van der Waals surface area contributed by atoms with Gasteiger partial charge in [-0.15, -0.1) is 22.9 Å². The van der Waals surface area contributed by atoms with E-state index in [-0.39, 0.29) is 0 Å². The van der Waals surface area contributed by atoms with Crippen LogP contribution >= 0.6 is 38.9 Å². The van der Waals surface area contributed by atoms with Crippen LogP contribution in [0.15, 0.2) is 34.1 Å². The first-order valence-electron chi connectivity index (χ1n) is 5.67. The number of anilines is 1. The monoisotopic (exact) mass is 354 g/mol. The van der Waals surface area contributed by atoms with Crippen molar-refractivity contribution in [3.05, 3.63) is 50.1 Å². The van der Waals surface area contributed by atoms with Crippen molar-refractivity contribution in [2.75, 3.05) is 11.9 Å². The number of rotatable bonds is 4. The van der Waals surface area contributed by atoms with E-state index >= 15 is 0 Å². The fourth-order valence-corrected chi connectivity index (χ4v) is 3.51. The molecule has 2 aromatic rings. The van der Waals surface area contributed by atoms with Gasteiger partial charge in [0.1, 0.15) is 6.07 Å². The van der Waals surface area contributed by atoms with Crippen molar-refractivity contribution in [3.8, 4) is 6.07 Å². The number of thiophene rings is 1. The zero-order valence-electron chi connectivity index (χ0n) is 10.4. The average Bonchev–Trinajstić information content (AvgIpc) is 2.83. The van der Waals surface area contributed by atoms with Crippen molar-refractivity contribution >= 4 is 44.6 Å². The van der Waals surface area contributed by atoms with Crippen molar-refractivity contribution in [2.45, 2.75) is 12.4 Å². The van der Waals surface area contributed by atoms with Crippen LogP contribution in [-0.2, 0) is 12.4 Å². The van der Waals surface area contributed by atoms with Gasteiger partial charge in [0.25, 0.3) is 0 Å². The molecule has 1 aromatic heterocycles. The fourth-order valence-electron chi connectivity index (χ4n) is 1.84. The van der Waals surface area contributed by atoms with E-state index in [0.717, 1.165) is 22.3 Å². The fraction of sp³-hybridized carbons (Fsp3) is 0.214. The van der Waals surface area contributed by atoms with E-state index in [1.54, 1.807) is 11.3 Å². The van der Waals surface area contributed by atoms with Crippen LogP contribution in [0.2, 0.25) is 0 Å². The summed E-state index contributed by atoms with van der Waals surface area (Å²) in [6.07, 6.45) is 0. The molecule has 0 saturated carbocycles. The Hall–Kier alpha value is -1.02. The van der Waals surface area contributed by atoms with Gasteiger partial charge in [-0.2, -0.15) is 5.26 Å². The lowest BCUT2D eigenvalue weighted by molar-refractivity contribution is 0.937. The van der Waals surface area contributed by atoms with E-state index < -0.39 is 0 Å². The van der Waals surface area contributed by atoms with Crippen molar-refractivity contribution in [1.82, 2.24) is 0 Å². The zero-order valence-corrected chi connectivity index (χ0v) is 13.5. The number of benzene rings is 1. The highest BCUT2D eigenvalue weighted by molar-refractivity contribution is 9.10. The molecule has 1 heterocycles. The Kier molecular flexibility index (Phi) is 4.87. The highest BCUT2D eigenvalue weighted by atomic mass is 79.9. The molecule has 0 bridgehead atoms. The minimum absolute atomic E-state index is 0.427. The van der Waals surface area contributed by atoms with Gasteiger partial charge in [-0.05, 0) is 39.7 Å². The van der Waals surface area contributed by atoms with E-state index in [4.69, 9.17) is 11.6 Å². The lowest BCUT2D eigenvalue weighted by Gasteiger charge is -2.20. The van der Waals surface area contributed by atoms with Gasteiger partial charge in [0.05, 0.1) is 17.8 Å². The number of nitrogens with zero attached hydrogens (tertiary/aromatic N) is 2. The second-order valence-electron chi connectivity index (χ2n) is 4.18. The molecular formula is C14H12BrClN2S. The van der Waals surface area contributed by atoms with E-state index in [1.807, 2.05) is 25.2 Å². The molecule has 0 spiro atoms. The lowest BCUT2D eigenvalue weighted by Crippen LogP contribution is -2.16. The summed E-state index contributed by atoms with van der Waals surface area (Å²) >= 11 is 10.9. The SMILES string of the molecule is CN(Cc1cc(Br)cs1)c1ccc(CCl)cc1C#N. The first-order valence-corrected chi connectivity index (χ1v) is 7.88. The second kappa shape index (κ2) is 6.42. The normalized spacial score (nSPS) is 10.2. The van der Waals surface area contributed by atoms with Crippen molar-refractivity contribution in [1.29, 1.82) is 5.26 Å². The standard InChI is InChI=1S/C14H12BrClN2S/c1-18(8-13-5-12(15)9-19-13)14-3-2-10(6-16)4-11(14)7-17/h2-5,9H,6,8H2,1H3. The van der Waals surface area contributed by atoms with Gasteiger partial charge in [0, 0.05) is 27.7 Å². The number of halogens is 2. The van der Waals surface area contributed by atoms with Gasteiger partial charge >= 0.3 is 0 Å². The maximum Gasteiger partial charge on any atom is 0.101 e. The third kappa shape index (κ3) is 3.50. The van der Waals surface area contributed by atoms with Crippen LogP contribution in [0.3, 0.4) is 0 Å². The molecule has 0 N–H and O–H groups in total. The molecule has 0 unspecified atom stereocenters. The lowest BCUT2D eigenvalue weighted by atomic mass is 10.1. The minimum atomic E-state index is 0.427. The summed E-state index contributed by atoms with van der Waals surface area (Å²) in [6, 6.07) is 10.1. The molecule has 19 heavy (non-hydrogen) atoms. The molecule has 1 aromatic carbocycles. The van der Waals surface area contributed by atoms with Gasteiger partial charge in [-0.1, -0.05) is 6.07 Å². The Morgan fingerprint density at radius 2 is 2.21 bits per heavy atom. The molecule has 0 aliphatic rings. The Balaban J connectivity index is 2.23. The summed E-state index contributed by atoms with van der Waals surface area (Å²) in [5.41, 5.74) is 2.56. The molecule has 2 rings (SSSR count). The number of hydrogen-bond acceptors (Lipinski definition) is 3. The molecule has 0 fully saturated rings. The van der Waals surface area contributed by atoms with Crippen LogP contribution in [0, 0.1) is 11.3 Å². The summed E-state index contributed by atoms with van der Waals surface area (Å²) in [5, 5.41) is 11.3. The van der Waals surface area contributed by atoms with Crippen LogP contribution in [0.4, 0.5) is 5.69 Å². The average molecular weight is 356 g/mol. The van der Waals surface area contributed by atoms with Gasteiger partial charge in [0.15, 0.2) is 0 Å². The molecule has 98 valence electrons. The quantitative estimate of drug-likeness (QED) is 0.739. The van der Waals surface area contributed by atoms with Crippen molar-refractivity contribution in [2.24, 2.45) is 0 Å². The van der Waals surface area contributed by atoms with Crippen molar-refractivity contribution in [3.63, 3.8) is 0 Å². The topological polar surface area (TPSA) is 27.0 Å². The van der Waals surface area contributed by atoms with Crippen LogP contribution in [0.5, 0.6) is 0 Å². The van der Waals surface area contributed by atoms with E-state index in [2.05, 4.69) is 38.3 Å². The highest BCUT2D eigenvalue weighted by Gasteiger charge is 2.09. The van der Waals surface area contributed by atoms with Crippen LogP contribution < -0.4 is 4.90 Å².